The lowest BCUT2D eigenvalue weighted by Gasteiger charge is -2.11. The van der Waals surface area contributed by atoms with Gasteiger partial charge in [-0.05, 0) is 24.6 Å². The molecule has 1 aromatic carbocycles. The molecule has 2 heterocycles. The van der Waals surface area contributed by atoms with Gasteiger partial charge in [0.15, 0.2) is 11.5 Å². The van der Waals surface area contributed by atoms with Gasteiger partial charge in [-0.3, -0.25) is 9.79 Å². The number of nitrogens with one attached hydrogen (secondary N) is 1. The molecule has 0 saturated heterocycles. The molecule has 0 spiro atoms. The molecule has 0 unspecified atom stereocenters. The predicted molar refractivity (Wildman–Crippen MR) is 86.2 cm³/mol. The highest BCUT2D eigenvalue weighted by molar-refractivity contribution is 8.39. The van der Waals surface area contributed by atoms with Crippen molar-refractivity contribution in [1.29, 1.82) is 0 Å². The van der Waals surface area contributed by atoms with Gasteiger partial charge in [-0.25, -0.2) is 0 Å². The summed E-state index contributed by atoms with van der Waals surface area (Å²) >= 11 is 3.25. The van der Waals surface area contributed by atoms with Crippen LogP contribution in [-0.4, -0.2) is 34.6 Å². The van der Waals surface area contributed by atoms with E-state index in [1.165, 1.54) is 11.8 Å². The Hall–Kier alpha value is -1.34. The Labute approximate surface area is 131 Å². The molecule has 1 amide bonds. The maximum Gasteiger partial charge on any atom is 0.233 e. The van der Waals surface area contributed by atoms with Gasteiger partial charge in [-0.15, -0.1) is 0 Å². The zero-order chi connectivity index (χ0) is 14.7. The Bertz CT molecular complexity index is 577. The average molecular weight is 324 g/mol. The maximum atomic E-state index is 12.1. The average Bonchev–Trinajstić information content (AvgIpc) is 3.14. The first-order valence-electron chi connectivity index (χ1n) is 6.72. The van der Waals surface area contributed by atoms with Crippen molar-refractivity contribution in [2.75, 3.05) is 19.1 Å². The lowest BCUT2D eigenvalue weighted by molar-refractivity contribution is -0.120. The van der Waals surface area contributed by atoms with Crippen molar-refractivity contribution < 1.29 is 14.3 Å². The normalized spacial score (nSPS) is 17.5. The summed E-state index contributed by atoms with van der Waals surface area (Å²) in [4.78, 5) is 16.4. The fourth-order valence-electron chi connectivity index (χ4n) is 1.98. The van der Waals surface area contributed by atoms with E-state index >= 15 is 0 Å². The van der Waals surface area contributed by atoms with Gasteiger partial charge in [0.2, 0.25) is 12.7 Å². The van der Waals surface area contributed by atoms with Crippen LogP contribution in [0.15, 0.2) is 23.2 Å². The topological polar surface area (TPSA) is 59.9 Å². The minimum Gasteiger partial charge on any atom is -0.454 e. The predicted octanol–water partition coefficient (Wildman–Crippen LogP) is 2.26. The number of carbonyl (C=O) groups excluding carboxylic acids is 1. The Kier molecular flexibility index (Phi) is 4.60. The zero-order valence-electron chi connectivity index (χ0n) is 11.6. The van der Waals surface area contributed by atoms with E-state index in [-0.39, 0.29) is 18.0 Å². The van der Waals surface area contributed by atoms with E-state index in [9.17, 15) is 4.79 Å². The van der Waals surface area contributed by atoms with Gasteiger partial charge in [0, 0.05) is 12.3 Å². The number of benzene rings is 1. The van der Waals surface area contributed by atoms with Crippen molar-refractivity contribution in [1.82, 2.24) is 5.32 Å². The van der Waals surface area contributed by atoms with E-state index in [0.717, 1.165) is 33.7 Å². The van der Waals surface area contributed by atoms with Gasteiger partial charge in [0.1, 0.15) is 4.38 Å². The molecular weight excluding hydrogens is 308 g/mol. The highest BCUT2D eigenvalue weighted by Gasteiger charge is 2.19. The number of thioether (sulfide) groups is 2. The molecule has 3 rings (SSSR count). The molecule has 5 nitrogen and oxygen atoms in total. The Balaban J connectivity index is 1.51. The van der Waals surface area contributed by atoms with E-state index in [4.69, 9.17) is 9.47 Å². The summed E-state index contributed by atoms with van der Waals surface area (Å²) in [5.41, 5.74) is 0.998. The number of rotatable bonds is 4. The standard InChI is InChI=1S/C14H16N2O3S2/c1-9(21-14-15-4-5-20-14)13(17)16-7-10-2-3-11-12(6-10)19-8-18-11/h2-3,6,9H,4-5,7-8H2,1H3,(H,16,17)/t9-/m0/s1. The maximum absolute atomic E-state index is 12.1. The second-order valence-corrected chi connectivity index (χ2v) is 7.33. The molecule has 0 aromatic heterocycles. The van der Waals surface area contributed by atoms with Crippen molar-refractivity contribution in [3.8, 4) is 11.5 Å². The van der Waals surface area contributed by atoms with Crippen LogP contribution in [0.5, 0.6) is 11.5 Å². The van der Waals surface area contributed by atoms with Crippen molar-refractivity contribution in [3.05, 3.63) is 23.8 Å². The first-order chi connectivity index (χ1) is 10.2. The molecule has 1 N–H and O–H groups in total. The molecule has 0 bridgehead atoms. The van der Waals surface area contributed by atoms with Gasteiger partial charge in [0.05, 0.1) is 11.8 Å². The molecular formula is C14H16N2O3S2. The Morgan fingerprint density at radius 1 is 1.48 bits per heavy atom. The van der Waals surface area contributed by atoms with Crippen LogP contribution in [-0.2, 0) is 11.3 Å². The highest BCUT2D eigenvalue weighted by atomic mass is 32.2. The summed E-state index contributed by atoms with van der Waals surface area (Å²) in [7, 11) is 0. The summed E-state index contributed by atoms with van der Waals surface area (Å²) in [5, 5.41) is 2.81. The van der Waals surface area contributed by atoms with E-state index in [1.54, 1.807) is 11.8 Å². The number of aliphatic imine (C=N–C) groups is 1. The number of carbonyl (C=O) groups is 1. The van der Waals surface area contributed by atoms with Crippen molar-refractivity contribution >= 4 is 33.8 Å². The van der Waals surface area contributed by atoms with Gasteiger partial charge >= 0.3 is 0 Å². The molecule has 0 fully saturated rings. The number of ether oxygens (including phenoxy) is 2. The minimum absolute atomic E-state index is 0.0212. The summed E-state index contributed by atoms with van der Waals surface area (Å²) in [6.45, 7) is 3.51. The third-order valence-electron chi connectivity index (χ3n) is 3.11. The quantitative estimate of drug-likeness (QED) is 0.920. The summed E-state index contributed by atoms with van der Waals surface area (Å²) < 4.78 is 11.6. The van der Waals surface area contributed by atoms with Gasteiger partial charge in [-0.1, -0.05) is 29.6 Å². The van der Waals surface area contributed by atoms with Crippen LogP contribution in [0.2, 0.25) is 0 Å². The van der Waals surface area contributed by atoms with E-state index in [2.05, 4.69) is 10.3 Å². The smallest absolute Gasteiger partial charge is 0.233 e. The fraction of sp³-hybridized carbons (Fsp3) is 0.429. The summed E-state index contributed by atoms with van der Waals surface area (Å²) in [6, 6.07) is 5.70. The monoisotopic (exact) mass is 324 g/mol. The Morgan fingerprint density at radius 2 is 2.33 bits per heavy atom. The fourth-order valence-corrected chi connectivity index (χ4v) is 4.13. The SMILES string of the molecule is C[C@H](SC1=NCCS1)C(=O)NCc1ccc2c(c1)OCO2. The van der Waals surface area contributed by atoms with Crippen LogP contribution in [0.1, 0.15) is 12.5 Å². The van der Waals surface area contributed by atoms with Crippen LogP contribution in [0.25, 0.3) is 0 Å². The zero-order valence-corrected chi connectivity index (χ0v) is 13.3. The molecule has 7 heteroatoms. The molecule has 112 valence electrons. The van der Waals surface area contributed by atoms with Crippen LogP contribution in [0.4, 0.5) is 0 Å². The van der Waals surface area contributed by atoms with Crippen molar-refractivity contribution in [3.63, 3.8) is 0 Å². The van der Waals surface area contributed by atoms with Crippen LogP contribution < -0.4 is 14.8 Å². The molecule has 1 aromatic rings. The van der Waals surface area contributed by atoms with E-state index in [0.29, 0.717) is 6.54 Å². The van der Waals surface area contributed by atoms with Crippen LogP contribution in [0, 0.1) is 0 Å². The minimum atomic E-state index is -0.136. The first kappa shape index (κ1) is 14.6. The van der Waals surface area contributed by atoms with E-state index < -0.39 is 0 Å². The number of nitrogens with zero attached hydrogens (tertiary/aromatic N) is 1. The summed E-state index contributed by atoms with van der Waals surface area (Å²) in [6.07, 6.45) is 0. The molecule has 0 saturated carbocycles. The van der Waals surface area contributed by atoms with Gasteiger partial charge in [0.25, 0.3) is 0 Å². The van der Waals surface area contributed by atoms with Crippen molar-refractivity contribution in [2.45, 2.75) is 18.7 Å². The third-order valence-corrected chi connectivity index (χ3v) is 5.41. The molecule has 0 radical (unpaired) electrons. The lowest BCUT2D eigenvalue weighted by Crippen LogP contribution is -2.30. The summed E-state index contributed by atoms with van der Waals surface area (Å²) in [5.74, 6) is 2.53. The second kappa shape index (κ2) is 6.62. The number of hydrogen-bond donors (Lipinski definition) is 1. The highest BCUT2D eigenvalue weighted by Crippen LogP contribution is 2.32. The molecule has 0 aliphatic carbocycles. The lowest BCUT2D eigenvalue weighted by atomic mass is 10.2. The second-order valence-electron chi connectivity index (χ2n) is 4.66. The largest absolute Gasteiger partial charge is 0.454 e. The van der Waals surface area contributed by atoms with Crippen LogP contribution >= 0.6 is 23.5 Å². The van der Waals surface area contributed by atoms with Crippen LogP contribution in [0.3, 0.4) is 0 Å². The molecule has 2 aliphatic rings. The Morgan fingerprint density at radius 3 is 3.14 bits per heavy atom. The molecule has 2 aliphatic heterocycles. The van der Waals surface area contributed by atoms with Gasteiger partial charge < -0.3 is 14.8 Å². The van der Waals surface area contributed by atoms with E-state index in [1.807, 2.05) is 25.1 Å². The molecule has 21 heavy (non-hydrogen) atoms. The number of amides is 1. The number of hydrogen-bond acceptors (Lipinski definition) is 6. The molecule has 1 atom stereocenters. The van der Waals surface area contributed by atoms with Gasteiger partial charge in [-0.2, -0.15) is 0 Å². The van der Waals surface area contributed by atoms with Crippen molar-refractivity contribution in [2.24, 2.45) is 4.99 Å². The first-order valence-corrected chi connectivity index (χ1v) is 8.59. The third kappa shape index (κ3) is 3.65. The number of fused-ring (bicyclic) bond motifs is 1.